The molecular formula is C18H21NO5S2. The van der Waals surface area contributed by atoms with E-state index in [1.165, 1.54) is 23.5 Å². The van der Waals surface area contributed by atoms with E-state index in [0.717, 1.165) is 0 Å². The minimum Gasteiger partial charge on any atom is -0.486 e. The molecule has 1 aromatic carbocycles. The molecule has 1 aliphatic rings. The molecule has 0 radical (unpaired) electrons. The first kappa shape index (κ1) is 18.7. The lowest BCUT2D eigenvalue weighted by Crippen LogP contribution is -2.34. The SMILES string of the molecule is CC(C)C(=O)NC[C@@H](c1cccs1)S(=O)(=O)c1ccc2c(c1)OCCO2. The highest BCUT2D eigenvalue weighted by Crippen LogP contribution is 2.37. The van der Waals surface area contributed by atoms with Crippen LogP contribution in [0.2, 0.25) is 0 Å². The third-order valence-electron chi connectivity index (χ3n) is 4.06. The first-order valence-corrected chi connectivity index (χ1v) is 10.8. The molecular weight excluding hydrogens is 374 g/mol. The van der Waals surface area contributed by atoms with Gasteiger partial charge in [0.2, 0.25) is 5.91 Å². The summed E-state index contributed by atoms with van der Waals surface area (Å²) in [5.74, 6) is 0.573. The Morgan fingerprint density at radius 3 is 2.58 bits per heavy atom. The zero-order chi connectivity index (χ0) is 18.7. The third kappa shape index (κ3) is 3.86. The van der Waals surface area contributed by atoms with Crippen molar-refractivity contribution in [1.29, 1.82) is 0 Å². The van der Waals surface area contributed by atoms with E-state index in [9.17, 15) is 13.2 Å². The number of carbonyl (C=O) groups excluding carboxylic acids is 1. The van der Waals surface area contributed by atoms with Crippen molar-refractivity contribution in [3.8, 4) is 11.5 Å². The average Bonchev–Trinajstić information content (AvgIpc) is 3.15. The van der Waals surface area contributed by atoms with Crippen LogP contribution in [-0.4, -0.2) is 34.1 Å². The lowest BCUT2D eigenvalue weighted by Gasteiger charge is -2.21. The molecule has 0 bridgehead atoms. The quantitative estimate of drug-likeness (QED) is 0.813. The Hall–Kier alpha value is -2.06. The normalized spacial score (nSPS) is 14.9. The zero-order valence-electron chi connectivity index (χ0n) is 14.6. The van der Waals surface area contributed by atoms with E-state index >= 15 is 0 Å². The van der Waals surface area contributed by atoms with Gasteiger partial charge in [-0.1, -0.05) is 19.9 Å². The van der Waals surface area contributed by atoms with Gasteiger partial charge in [-0.2, -0.15) is 0 Å². The van der Waals surface area contributed by atoms with Gasteiger partial charge in [0.15, 0.2) is 21.3 Å². The fraction of sp³-hybridized carbons (Fsp3) is 0.389. The molecule has 1 amide bonds. The van der Waals surface area contributed by atoms with E-state index < -0.39 is 15.1 Å². The molecule has 1 aromatic heterocycles. The van der Waals surface area contributed by atoms with Gasteiger partial charge in [0.05, 0.1) is 4.90 Å². The van der Waals surface area contributed by atoms with Crippen LogP contribution in [0, 0.1) is 5.92 Å². The number of nitrogens with one attached hydrogen (secondary N) is 1. The Bertz CT molecular complexity index is 875. The molecule has 8 heteroatoms. The number of benzene rings is 1. The van der Waals surface area contributed by atoms with Gasteiger partial charge < -0.3 is 14.8 Å². The van der Waals surface area contributed by atoms with Gasteiger partial charge in [-0.25, -0.2) is 8.42 Å². The molecule has 0 saturated heterocycles. The number of fused-ring (bicyclic) bond motifs is 1. The van der Waals surface area contributed by atoms with Crippen LogP contribution >= 0.6 is 11.3 Å². The number of rotatable bonds is 6. The number of thiophene rings is 1. The molecule has 0 spiro atoms. The smallest absolute Gasteiger partial charge is 0.222 e. The Morgan fingerprint density at radius 1 is 1.19 bits per heavy atom. The Morgan fingerprint density at radius 2 is 1.92 bits per heavy atom. The fourth-order valence-electron chi connectivity index (χ4n) is 2.60. The van der Waals surface area contributed by atoms with Crippen molar-refractivity contribution in [2.75, 3.05) is 19.8 Å². The maximum absolute atomic E-state index is 13.3. The van der Waals surface area contributed by atoms with Crippen LogP contribution in [0.3, 0.4) is 0 Å². The van der Waals surface area contributed by atoms with Gasteiger partial charge in [-0.3, -0.25) is 4.79 Å². The summed E-state index contributed by atoms with van der Waals surface area (Å²) in [5.41, 5.74) is 0. The second-order valence-corrected chi connectivity index (χ2v) is 9.36. The van der Waals surface area contributed by atoms with E-state index in [1.807, 2.05) is 5.38 Å². The molecule has 2 aromatic rings. The minimum absolute atomic E-state index is 0.0221. The summed E-state index contributed by atoms with van der Waals surface area (Å²) in [6.07, 6.45) is 0. The summed E-state index contributed by atoms with van der Waals surface area (Å²) in [6.45, 7) is 4.39. The Balaban J connectivity index is 1.93. The molecule has 6 nitrogen and oxygen atoms in total. The summed E-state index contributed by atoms with van der Waals surface area (Å²) >= 11 is 1.36. The van der Waals surface area contributed by atoms with Crippen LogP contribution in [0.1, 0.15) is 24.0 Å². The maximum Gasteiger partial charge on any atom is 0.222 e. The summed E-state index contributed by atoms with van der Waals surface area (Å²) in [5, 5.41) is 3.71. The van der Waals surface area contributed by atoms with Crippen molar-refractivity contribution >= 4 is 27.1 Å². The summed E-state index contributed by atoms with van der Waals surface area (Å²) in [7, 11) is -3.72. The summed E-state index contributed by atoms with van der Waals surface area (Å²) < 4.78 is 37.5. The largest absolute Gasteiger partial charge is 0.486 e. The molecule has 1 atom stereocenters. The van der Waals surface area contributed by atoms with Crippen LogP contribution in [0.5, 0.6) is 11.5 Å². The molecule has 1 aliphatic heterocycles. The van der Waals surface area contributed by atoms with Crippen LogP contribution in [0.15, 0.2) is 40.6 Å². The first-order valence-electron chi connectivity index (χ1n) is 8.34. The topological polar surface area (TPSA) is 81.7 Å². The number of ether oxygens (including phenoxy) is 2. The van der Waals surface area contributed by atoms with E-state index in [1.54, 1.807) is 32.0 Å². The van der Waals surface area contributed by atoms with Crippen LogP contribution in [0.4, 0.5) is 0 Å². The lowest BCUT2D eigenvalue weighted by molar-refractivity contribution is -0.123. The van der Waals surface area contributed by atoms with Gasteiger partial charge >= 0.3 is 0 Å². The second kappa shape index (κ2) is 7.67. The van der Waals surface area contributed by atoms with Crippen molar-refractivity contribution in [1.82, 2.24) is 5.32 Å². The molecule has 0 fully saturated rings. The lowest BCUT2D eigenvalue weighted by atomic mass is 10.2. The molecule has 0 unspecified atom stereocenters. The maximum atomic E-state index is 13.3. The second-order valence-electron chi connectivity index (χ2n) is 6.25. The number of sulfone groups is 1. The third-order valence-corrected chi connectivity index (χ3v) is 7.28. The van der Waals surface area contributed by atoms with E-state index in [-0.39, 0.29) is 23.3 Å². The average molecular weight is 396 g/mol. The van der Waals surface area contributed by atoms with Crippen LogP contribution in [0.25, 0.3) is 0 Å². The van der Waals surface area contributed by atoms with E-state index in [2.05, 4.69) is 5.32 Å². The molecule has 3 rings (SSSR count). The standard InChI is InChI=1S/C18H21NO5S2/c1-12(2)18(20)19-11-17(16-4-3-9-25-16)26(21,22)13-5-6-14-15(10-13)24-8-7-23-14/h3-6,9-10,12,17H,7-8,11H2,1-2H3,(H,19,20)/t17-/m0/s1. The minimum atomic E-state index is -3.72. The molecule has 0 saturated carbocycles. The molecule has 1 N–H and O–H groups in total. The molecule has 26 heavy (non-hydrogen) atoms. The van der Waals surface area contributed by atoms with Crippen LogP contribution in [-0.2, 0) is 14.6 Å². The molecule has 2 heterocycles. The van der Waals surface area contributed by atoms with Crippen molar-refractivity contribution in [3.63, 3.8) is 0 Å². The predicted octanol–water partition coefficient (Wildman–Crippen LogP) is 2.81. The number of carbonyl (C=O) groups is 1. The van der Waals surface area contributed by atoms with Gasteiger partial charge in [0, 0.05) is 23.4 Å². The van der Waals surface area contributed by atoms with Crippen molar-refractivity contribution in [3.05, 3.63) is 40.6 Å². The van der Waals surface area contributed by atoms with Gasteiger partial charge in [0.1, 0.15) is 18.5 Å². The number of hydrogen-bond acceptors (Lipinski definition) is 6. The van der Waals surface area contributed by atoms with Gasteiger partial charge in [-0.15, -0.1) is 11.3 Å². The van der Waals surface area contributed by atoms with E-state index in [4.69, 9.17) is 9.47 Å². The number of amides is 1. The van der Waals surface area contributed by atoms with Crippen molar-refractivity contribution < 1.29 is 22.7 Å². The fourth-order valence-corrected chi connectivity index (χ4v) is 5.40. The van der Waals surface area contributed by atoms with E-state index in [0.29, 0.717) is 29.6 Å². The summed E-state index contributed by atoms with van der Waals surface area (Å²) in [6, 6.07) is 8.20. The molecule has 0 aliphatic carbocycles. The highest BCUT2D eigenvalue weighted by molar-refractivity contribution is 7.91. The Kier molecular flexibility index (Phi) is 5.52. The first-order chi connectivity index (χ1) is 12.4. The monoisotopic (exact) mass is 395 g/mol. The Labute approximate surface area is 157 Å². The number of hydrogen-bond donors (Lipinski definition) is 1. The zero-order valence-corrected chi connectivity index (χ0v) is 16.2. The highest BCUT2D eigenvalue weighted by atomic mass is 32.2. The molecule has 140 valence electrons. The van der Waals surface area contributed by atoms with Crippen molar-refractivity contribution in [2.24, 2.45) is 5.92 Å². The van der Waals surface area contributed by atoms with Crippen molar-refractivity contribution in [2.45, 2.75) is 24.0 Å². The highest BCUT2D eigenvalue weighted by Gasteiger charge is 2.31. The van der Waals surface area contributed by atoms with Crippen LogP contribution < -0.4 is 14.8 Å². The summed E-state index contributed by atoms with van der Waals surface area (Å²) in [4.78, 5) is 12.8. The predicted molar refractivity (Wildman–Crippen MR) is 99.5 cm³/mol. The van der Waals surface area contributed by atoms with Gasteiger partial charge in [-0.05, 0) is 23.6 Å². The van der Waals surface area contributed by atoms with Gasteiger partial charge in [0.25, 0.3) is 0 Å².